The summed E-state index contributed by atoms with van der Waals surface area (Å²) < 4.78 is 5.11. The fourth-order valence-corrected chi connectivity index (χ4v) is 2.19. The number of rotatable bonds is 4. The van der Waals surface area contributed by atoms with Crippen molar-refractivity contribution in [1.29, 1.82) is 0 Å². The van der Waals surface area contributed by atoms with Gasteiger partial charge in [-0.2, -0.15) is 0 Å². The minimum Gasteiger partial charge on any atom is -0.497 e. The van der Waals surface area contributed by atoms with Gasteiger partial charge in [0.1, 0.15) is 12.0 Å². The minimum absolute atomic E-state index is 0.0686. The van der Waals surface area contributed by atoms with Crippen molar-refractivity contribution in [2.24, 2.45) is 5.92 Å². The molecule has 3 heteroatoms. The smallest absolute Gasteiger partial charge is 0.143 e. The second-order valence-corrected chi connectivity index (χ2v) is 4.43. The molecule has 2 atom stereocenters. The molecule has 0 N–H and O–H groups in total. The van der Waals surface area contributed by atoms with Crippen LogP contribution in [0.1, 0.15) is 6.92 Å². The zero-order chi connectivity index (χ0) is 12.4. The van der Waals surface area contributed by atoms with Crippen molar-refractivity contribution in [3.8, 4) is 5.75 Å². The van der Waals surface area contributed by atoms with Crippen LogP contribution in [-0.4, -0.2) is 26.0 Å². The first-order chi connectivity index (χ1) is 8.17. The van der Waals surface area contributed by atoms with Gasteiger partial charge in [0.25, 0.3) is 0 Å². The molecule has 90 valence electrons. The highest BCUT2D eigenvalue weighted by atomic mass is 16.5. The average molecular weight is 231 g/mol. The number of anilines is 1. The second kappa shape index (κ2) is 4.62. The van der Waals surface area contributed by atoms with E-state index in [0.717, 1.165) is 29.8 Å². The summed E-state index contributed by atoms with van der Waals surface area (Å²) in [7, 11) is 1.64. The van der Waals surface area contributed by atoms with Gasteiger partial charge < -0.3 is 14.4 Å². The molecule has 1 aliphatic rings. The lowest BCUT2D eigenvalue weighted by molar-refractivity contribution is -0.110. The zero-order valence-corrected chi connectivity index (χ0v) is 10.2. The molecule has 1 saturated heterocycles. The van der Waals surface area contributed by atoms with E-state index in [1.165, 1.54) is 0 Å². The van der Waals surface area contributed by atoms with Crippen molar-refractivity contribution in [3.63, 3.8) is 0 Å². The lowest BCUT2D eigenvalue weighted by Crippen LogP contribution is -2.57. The van der Waals surface area contributed by atoms with E-state index >= 15 is 0 Å². The molecule has 1 aliphatic heterocycles. The molecule has 1 aromatic rings. The summed E-state index contributed by atoms with van der Waals surface area (Å²) in [6, 6.07) is 7.70. The van der Waals surface area contributed by atoms with Gasteiger partial charge in [-0.1, -0.05) is 12.2 Å². The van der Waals surface area contributed by atoms with Crippen molar-refractivity contribution in [1.82, 2.24) is 0 Å². The van der Waals surface area contributed by atoms with Gasteiger partial charge in [0, 0.05) is 18.2 Å². The number of hydrogen-bond donors (Lipinski definition) is 0. The Bertz CT molecular complexity index is 424. The number of ether oxygens (including phenoxy) is 1. The normalized spacial score (nSPS) is 22.8. The lowest BCUT2D eigenvalue weighted by Gasteiger charge is -2.47. The maximum absolute atomic E-state index is 11.1. The molecule has 17 heavy (non-hydrogen) atoms. The largest absolute Gasteiger partial charge is 0.497 e. The number of nitrogens with zero attached hydrogens (tertiary/aromatic N) is 1. The lowest BCUT2D eigenvalue weighted by atomic mass is 9.84. The van der Waals surface area contributed by atoms with Crippen molar-refractivity contribution >= 4 is 12.0 Å². The van der Waals surface area contributed by atoms with E-state index in [0.29, 0.717) is 0 Å². The van der Waals surface area contributed by atoms with E-state index in [1.807, 2.05) is 31.2 Å². The standard InChI is InChI=1S/C14H17NO2/c1-10(2)13-8-15(14(13)9-16)11-4-6-12(17-3)7-5-11/h4-7,9,13-14H,1,8H2,2-3H3/t13-,14+/m0/s1. The van der Waals surface area contributed by atoms with Crippen molar-refractivity contribution < 1.29 is 9.53 Å². The Morgan fingerprint density at radius 3 is 2.59 bits per heavy atom. The Hall–Kier alpha value is -1.77. The molecule has 0 amide bonds. The predicted octanol–water partition coefficient (Wildman–Crippen LogP) is 2.28. The van der Waals surface area contributed by atoms with Gasteiger partial charge in [-0.3, -0.25) is 0 Å². The van der Waals surface area contributed by atoms with Crippen LogP contribution in [0, 0.1) is 5.92 Å². The monoisotopic (exact) mass is 231 g/mol. The zero-order valence-electron chi connectivity index (χ0n) is 10.2. The third-order valence-corrected chi connectivity index (χ3v) is 3.34. The van der Waals surface area contributed by atoms with E-state index < -0.39 is 0 Å². The second-order valence-electron chi connectivity index (χ2n) is 4.43. The summed E-state index contributed by atoms with van der Waals surface area (Å²) in [5.74, 6) is 1.11. The van der Waals surface area contributed by atoms with Crippen LogP contribution in [0.15, 0.2) is 36.4 Å². The van der Waals surface area contributed by atoms with Gasteiger partial charge in [0.15, 0.2) is 0 Å². The maximum Gasteiger partial charge on any atom is 0.143 e. The van der Waals surface area contributed by atoms with Crippen molar-refractivity contribution in [2.75, 3.05) is 18.6 Å². The highest BCUT2D eigenvalue weighted by Crippen LogP contribution is 2.34. The summed E-state index contributed by atoms with van der Waals surface area (Å²) in [6.45, 7) is 6.77. The van der Waals surface area contributed by atoms with Gasteiger partial charge in [-0.25, -0.2) is 0 Å². The molecular formula is C14H17NO2. The summed E-state index contributed by atoms with van der Waals surface area (Å²) in [4.78, 5) is 13.2. The fraction of sp³-hybridized carbons (Fsp3) is 0.357. The van der Waals surface area contributed by atoms with Crippen LogP contribution in [0.3, 0.4) is 0 Å². The number of hydrogen-bond acceptors (Lipinski definition) is 3. The first-order valence-corrected chi connectivity index (χ1v) is 5.68. The van der Waals surface area contributed by atoms with Gasteiger partial charge in [0.2, 0.25) is 0 Å². The summed E-state index contributed by atoms with van der Waals surface area (Å²) >= 11 is 0. The SMILES string of the molecule is C=C(C)[C@@H]1CN(c2ccc(OC)cc2)[C@@H]1C=O. The number of aldehydes is 1. The number of carbonyl (C=O) groups excluding carboxylic acids is 1. The van der Waals surface area contributed by atoms with Crippen LogP contribution < -0.4 is 9.64 Å². The topological polar surface area (TPSA) is 29.5 Å². The Kier molecular flexibility index (Phi) is 3.18. The van der Waals surface area contributed by atoms with Crippen LogP contribution in [0.4, 0.5) is 5.69 Å². The number of methoxy groups -OCH3 is 1. The first-order valence-electron chi connectivity index (χ1n) is 5.68. The summed E-state index contributed by atoms with van der Waals surface area (Å²) in [5, 5.41) is 0. The van der Waals surface area contributed by atoms with Crippen molar-refractivity contribution in [3.05, 3.63) is 36.4 Å². The van der Waals surface area contributed by atoms with Gasteiger partial charge in [0.05, 0.1) is 13.2 Å². The number of carbonyl (C=O) groups is 1. The van der Waals surface area contributed by atoms with Gasteiger partial charge in [-0.15, -0.1) is 0 Å². The molecule has 0 spiro atoms. The molecule has 3 nitrogen and oxygen atoms in total. The Morgan fingerprint density at radius 2 is 2.12 bits per heavy atom. The van der Waals surface area contributed by atoms with E-state index in [1.54, 1.807) is 7.11 Å². The molecule has 0 unspecified atom stereocenters. The quantitative estimate of drug-likeness (QED) is 0.588. The fourth-order valence-electron chi connectivity index (χ4n) is 2.19. The third-order valence-electron chi connectivity index (χ3n) is 3.34. The summed E-state index contributed by atoms with van der Waals surface area (Å²) in [5.41, 5.74) is 2.13. The van der Waals surface area contributed by atoms with E-state index in [2.05, 4.69) is 11.5 Å². The highest BCUT2D eigenvalue weighted by molar-refractivity contribution is 5.71. The Balaban J connectivity index is 2.13. The molecule has 0 saturated carbocycles. The molecule has 1 heterocycles. The Labute approximate surface area is 102 Å². The van der Waals surface area contributed by atoms with E-state index in [9.17, 15) is 4.79 Å². The molecule has 0 aliphatic carbocycles. The van der Waals surface area contributed by atoms with Crippen molar-refractivity contribution in [2.45, 2.75) is 13.0 Å². The van der Waals surface area contributed by atoms with Crippen LogP contribution in [-0.2, 0) is 4.79 Å². The molecule has 0 aromatic heterocycles. The molecule has 0 radical (unpaired) electrons. The average Bonchev–Trinajstić information content (AvgIpc) is 2.29. The maximum atomic E-state index is 11.1. The van der Waals surface area contributed by atoms with E-state index in [4.69, 9.17) is 4.74 Å². The summed E-state index contributed by atoms with van der Waals surface area (Å²) in [6.07, 6.45) is 1.01. The first kappa shape index (κ1) is 11.7. The minimum atomic E-state index is -0.0686. The molecule has 1 aromatic carbocycles. The molecule has 1 fully saturated rings. The van der Waals surface area contributed by atoms with Crippen LogP contribution in [0.2, 0.25) is 0 Å². The number of benzene rings is 1. The van der Waals surface area contributed by atoms with Crippen LogP contribution >= 0.6 is 0 Å². The van der Waals surface area contributed by atoms with Crippen LogP contribution in [0.5, 0.6) is 5.75 Å². The van der Waals surface area contributed by atoms with Gasteiger partial charge >= 0.3 is 0 Å². The molecular weight excluding hydrogens is 214 g/mol. The third kappa shape index (κ3) is 2.05. The predicted molar refractivity (Wildman–Crippen MR) is 68.5 cm³/mol. The highest BCUT2D eigenvalue weighted by Gasteiger charge is 2.38. The van der Waals surface area contributed by atoms with Crippen LogP contribution in [0.25, 0.3) is 0 Å². The van der Waals surface area contributed by atoms with E-state index in [-0.39, 0.29) is 12.0 Å². The molecule has 2 rings (SSSR count). The van der Waals surface area contributed by atoms with Gasteiger partial charge in [-0.05, 0) is 31.2 Å². The Morgan fingerprint density at radius 1 is 1.47 bits per heavy atom. The molecule has 0 bridgehead atoms.